The summed E-state index contributed by atoms with van der Waals surface area (Å²) in [4.78, 5) is 2.45. The number of nitrogens with one attached hydrogen (secondary N) is 1. The molecule has 0 aromatic heterocycles. The lowest BCUT2D eigenvalue weighted by Crippen LogP contribution is -2.38. The molecule has 1 heterocycles. The predicted octanol–water partition coefficient (Wildman–Crippen LogP) is 2.96. The molecule has 0 spiro atoms. The lowest BCUT2D eigenvalue weighted by Gasteiger charge is -2.24. The van der Waals surface area contributed by atoms with Gasteiger partial charge in [-0.15, -0.1) is 0 Å². The molecule has 1 N–H and O–H groups in total. The first kappa shape index (κ1) is 13.6. The van der Waals surface area contributed by atoms with Crippen molar-refractivity contribution in [3.63, 3.8) is 0 Å². The van der Waals surface area contributed by atoms with E-state index in [1.54, 1.807) is 0 Å². The third-order valence-corrected chi connectivity index (χ3v) is 3.90. The molecular formula is C16H26N2. The van der Waals surface area contributed by atoms with Crippen LogP contribution < -0.4 is 5.32 Å². The van der Waals surface area contributed by atoms with Crippen LogP contribution in [0.25, 0.3) is 0 Å². The zero-order valence-electron chi connectivity index (χ0n) is 11.8. The SMILES string of the molecule is Cc1ccccc1CN(C)CC1CCCCCN1. The number of rotatable bonds is 4. The highest BCUT2D eigenvalue weighted by Crippen LogP contribution is 2.12. The van der Waals surface area contributed by atoms with Crippen molar-refractivity contribution in [2.75, 3.05) is 20.1 Å². The molecule has 1 aromatic rings. The highest BCUT2D eigenvalue weighted by Gasteiger charge is 2.13. The summed E-state index contributed by atoms with van der Waals surface area (Å²) in [5, 5.41) is 3.67. The molecule has 1 atom stereocenters. The van der Waals surface area contributed by atoms with Gasteiger partial charge in [0.2, 0.25) is 0 Å². The van der Waals surface area contributed by atoms with Crippen molar-refractivity contribution >= 4 is 0 Å². The molecule has 0 bridgehead atoms. The van der Waals surface area contributed by atoms with Crippen molar-refractivity contribution in [1.82, 2.24) is 10.2 Å². The second kappa shape index (κ2) is 6.91. The van der Waals surface area contributed by atoms with Crippen LogP contribution in [0.2, 0.25) is 0 Å². The fourth-order valence-corrected chi connectivity index (χ4v) is 2.78. The summed E-state index contributed by atoms with van der Waals surface area (Å²) in [5.74, 6) is 0. The number of hydrogen-bond donors (Lipinski definition) is 1. The number of benzene rings is 1. The van der Waals surface area contributed by atoms with Crippen molar-refractivity contribution in [2.45, 2.75) is 45.2 Å². The number of nitrogens with zero attached hydrogens (tertiary/aromatic N) is 1. The standard InChI is InChI=1S/C16H26N2/c1-14-8-5-6-9-15(14)12-18(2)13-16-10-4-3-7-11-17-16/h5-6,8-9,16-17H,3-4,7,10-13H2,1-2H3. The highest BCUT2D eigenvalue weighted by atomic mass is 15.1. The monoisotopic (exact) mass is 246 g/mol. The molecule has 1 saturated heterocycles. The van der Waals surface area contributed by atoms with Crippen molar-refractivity contribution in [2.24, 2.45) is 0 Å². The average Bonchev–Trinajstić information content (AvgIpc) is 2.61. The Morgan fingerprint density at radius 1 is 1.22 bits per heavy atom. The van der Waals surface area contributed by atoms with Gasteiger partial charge in [-0.05, 0) is 44.5 Å². The average molecular weight is 246 g/mol. The Morgan fingerprint density at radius 2 is 2.06 bits per heavy atom. The van der Waals surface area contributed by atoms with E-state index < -0.39 is 0 Å². The van der Waals surface area contributed by atoms with Gasteiger partial charge in [-0.1, -0.05) is 37.1 Å². The summed E-state index contributed by atoms with van der Waals surface area (Å²) >= 11 is 0. The molecule has 1 aliphatic heterocycles. The molecule has 0 amide bonds. The number of hydrogen-bond acceptors (Lipinski definition) is 2. The molecule has 1 unspecified atom stereocenters. The van der Waals surface area contributed by atoms with E-state index in [-0.39, 0.29) is 0 Å². The zero-order chi connectivity index (χ0) is 12.8. The minimum atomic E-state index is 0.682. The Morgan fingerprint density at radius 3 is 2.89 bits per heavy atom. The minimum Gasteiger partial charge on any atom is -0.313 e. The second-order valence-corrected chi connectivity index (χ2v) is 5.62. The highest BCUT2D eigenvalue weighted by molar-refractivity contribution is 5.25. The van der Waals surface area contributed by atoms with Gasteiger partial charge < -0.3 is 10.2 Å². The van der Waals surface area contributed by atoms with Gasteiger partial charge in [-0.25, -0.2) is 0 Å². The maximum atomic E-state index is 3.67. The second-order valence-electron chi connectivity index (χ2n) is 5.62. The van der Waals surface area contributed by atoms with Gasteiger partial charge in [0.1, 0.15) is 0 Å². The van der Waals surface area contributed by atoms with Crippen LogP contribution >= 0.6 is 0 Å². The summed E-state index contributed by atoms with van der Waals surface area (Å²) in [6.45, 7) is 5.62. The first-order valence-corrected chi connectivity index (χ1v) is 7.22. The molecule has 1 aromatic carbocycles. The van der Waals surface area contributed by atoms with Gasteiger partial charge in [0.25, 0.3) is 0 Å². The summed E-state index contributed by atoms with van der Waals surface area (Å²) in [6, 6.07) is 9.38. The lowest BCUT2D eigenvalue weighted by atomic mass is 10.1. The first-order chi connectivity index (χ1) is 8.75. The van der Waals surface area contributed by atoms with Gasteiger partial charge >= 0.3 is 0 Å². The summed E-state index contributed by atoms with van der Waals surface area (Å²) in [5.41, 5.74) is 2.85. The maximum absolute atomic E-state index is 3.67. The molecule has 0 aliphatic carbocycles. The molecule has 1 fully saturated rings. The van der Waals surface area contributed by atoms with E-state index in [2.05, 4.69) is 48.5 Å². The van der Waals surface area contributed by atoms with Crippen LogP contribution in [-0.2, 0) is 6.54 Å². The molecule has 18 heavy (non-hydrogen) atoms. The van der Waals surface area contributed by atoms with Gasteiger partial charge in [0.15, 0.2) is 0 Å². The van der Waals surface area contributed by atoms with Gasteiger partial charge in [0.05, 0.1) is 0 Å². The largest absolute Gasteiger partial charge is 0.313 e. The molecular weight excluding hydrogens is 220 g/mol. The van der Waals surface area contributed by atoms with E-state index >= 15 is 0 Å². The maximum Gasteiger partial charge on any atom is 0.0233 e. The Hall–Kier alpha value is -0.860. The van der Waals surface area contributed by atoms with Crippen molar-refractivity contribution in [3.05, 3.63) is 35.4 Å². The van der Waals surface area contributed by atoms with Crippen molar-refractivity contribution in [3.8, 4) is 0 Å². The van der Waals surface area contributed by atoms with E-state index in [1.807, 2.05) is 0 Å². The molecule has 100 valence electrons. The van der Waals surface area contributed by atoms with Crippen LogP contribution in [0, 0.1) is 6.92 Å². The Labute approximate surface area is 111 Å². The smallest absolute Gasteiger partial charge is 0.0233 e. The Bertz CT molecular complexity index is 354. The third-order valence-electron chi connectivity index (χ3n) is 3.90. The van der Waals surface area contributed by atoms with Crippen LogP contribution in [0.15, 0.2) is 24.3 Å². The van der Waals surface area contributed by atoms with E-state index in [0.717, 1.165) is 13.1 Å². The summed E-state index contributed by atoms with van der Waals surface area (Å²) in [6.07, 6.45) is 5.46. The van der Waals surface area contributed by atoms with Crippen molar-refractivity contribution in [1.29, 1.82) is 0 Å². The summed E-state index contributed by atoms with van der Waals surface area (Å²) in [7, 11) is 2.24. The van der Waals surface area contributed by atoms with Crippen molar-refractivity contribution < 1.29 is 0 Å². The molecule has 0 saturated carbocycles. The van der Waals surface area contributed by atoms with Gasteiger partial charge in [-0.2, -0.15) is 0 Å². The van der Waals surface area contributed by atoms with Gasteiger partial charge in [0, 0.05) is 19.1 Å². The zero-order valence-corrected chi connectivity index (χ0v) is 11.8. The number of likely N-dealkylation sites (N-methyl/N-ethyl adjacent to an activating group) is 1. The van der Waals surface area contributed by atoms with Crippen LogP contribution in [0.5, 0.6) is 0 Å². The fourth-order valence-electron chi connectivity index (χ4n) is 2.78. The van der Waals surface area contributed by atoms with Crippen LogP contribution in [0.1, 0.15) is 36.8 Å². The molecule has 0 radical (unpaired) electrons. The Balaban J connectivity index is 1.84. The molecule has 1 aliphatic rings. The number of aryl methyl sites for hydroxylation is 1. The van der Waals surface area contributed by atoms with Crippen LogP contribution in [-0.4, -0.2) is 31.1 Å². The molecule has 2 heteroatoms. The summed E-state index contributed by atoms with van der Waals surface area (Å²) < 4.78 is 0. The third kappa shape index (κ3) is 4.11. The quantitative estimate of drug-likeness (QED) is 0.878. The lowest BCUT2D eigenvalue weighted by molar-refractivity contribution is 0.278. The van der Waals surface area contributed by atoms with Crippen LogP contribution in [0.4, 0.5) is 0 Å². The van der Waals surface area contributed by atoms with E-state index in [4.69, 9.17) is 0 Å². The normalized spacial score (nSPS) is 20.9. The molecule has 2 nitrogen and oxygen atoms in total. The predicted molar refractivity (Wildman–Crippen MR) is 77.8 cm³/mol. The first-order valence-electron chi connectivity index (χ1n) is 7.22. The van der Waals surface area contributed by atoms with E-state index in [9.17, 15) is 0 Å². The fraction of sp³-hybridized carbons (Fsp3) is 0.625. The topological polar surface area (TPSA) is 15.3 Å². The van der Waals surface area contributed by atoms with Crippen LogP contribution in [0.3, 0.4) is 0 Å². The minimum absolute atomic E-state index is 0.682. The van der Waals surface area contributed by atoms with E-state index in [1.165, 1.54) is 43.4 Å². The van der Waals surface area contributed by atoms with E-state index in [0.29, 0.717) is 6.04 Å². The Kier molecular flexibility index (Phi) is 5.21. The molecule has 2 rings (SSSR count). The van der Waals surface area contributed by atoms with Gasteiger partial charge in [-0.3, -0.25) is 0 Å².